The van der Waals surface area contributed by atoms with E-state index in [1.54, 1.807) is 48.8 Å². The van der Waals surface area contributed by atoms with Crippen LogP contribution >= 0.6 is 0 Å². The van der Waals surface area contributed by atoms with Crippen LogP contribution in [-0.4, -0.2) is 438 Å². The summed E-state index contributed by atoms with van der Waals surface area (Å²) >= 11 is 0. The summed E-state index contributed by atoms with van der Waals surface area (Å²) in [7, 11) is 0. The van der Waals surface area contributed by atoms with Crippen molar-refractivity contribution < 1.29 is 102 Å². The number of aryl methyl sites for hydroxylation is 1. The van der Waals surface area contributed by atoms with Gasteiger partial charge in [-0.3, -0.25) is 33.6 Å². The number of anilines is 5. The number of piperidine rings is 5. The summed E-state index contributed by atoms with van der Waals surface area (Å²) in [5.74, 6) is 0. The molecule has 0 radical (unpaired) electrons. The average Bonchev–Trinajstić information content (AvgIpc) is 0.946. The number of imidazole rings is 1. The highest BCUT2D eigenvalue weighted by molar-refractivity contribution is 5.56. The highest BCUT2D eigenvalue weighted by Crippen LogP contribution is 2.29. The number of hydrogen-bond acceptors (Lipinski definition) is 37. The Balaban J connectivity index is 0.000000174. The van der Waals surface area contributed by atoms with Gasteiger partial charge < -0.3 is 138 Å². The van der Waals surface area contributed by atoms with Crippen LogP contribution in [0.3, 0.4) is 0 Å². The van der Waals surface area contributed by atoms with E-state index in [4.69, 9.17) is 0 Å². The number of aliphatic hydroxyl groups is 20. The van der Waals surface area contributed by atoms with E-state index in [-0.39, 0.29) is 65.8 Å². The van der Waals surface area contributed by atoms with Gasteiger partial charge in [0.2, 0.25) is 0 Å². The molecular formula is C104H160N22O20. The third-order valence-corrected chi connectivity index (χ3v) is 28.1. The van der Waals surface area contributed by atoms with Crippen LogP contribution in [0, 0.1) is 6.92 Å². The number of hydrogen-bond donors (Lipinski definition) is 25. The maximum absolute atomic E-state index is 10.0. The molecule has 0 saturated carbocycles. The van der Waals surface area contributed by atoms with Crippen LogP contribution in [0.4, 0.5) is 28.4 Å². The third-order valence-electron chi connectivity index (χ3n) is 28.1. The molecule has 0 unspecified atom stereocenters. The van der Waals surface area contributed by atoms with Crippen LogP contribution < -0.4 is 26.6 Å². The molecule has 5 aromatic carbocycles. The summed E-state index contributed by atoms with van der Waals surface area (Å²) in [6, 6.07) is 40.4. The van der Waals surface area contributed by atoms with Crippen LogP contribution in [0.15, 0.2) is 196 Å². The summed E-state index contributed by atoms with van der Waals surface area (Å²) in [6.07, 6.45) is 23.3. The van der Waals surface area contributed by atoms with E-state index in [1.807, 2.05) is 124 Å². The SMILES string of the molecule is Cc1cc(-n2cnnc2)ccc1NCCCCCCN1C[C@H](O)[C@@H](O)[C@H](O)[C@H]1CO.OC[C@@H]1[C@@H](O)[C@H](O)[C@@H](O)CN1CCCCCCNc1ccc(-n2cccc2)cc1.OC[C@@H]1[C@@H](O)[C@H](O)[C@@H](O)CN1CCCCCCNc1ccc(-n2ccnc2)cc1.OC[C@@H]1[C@@H](O)[C@H](O)[C@@H](O)CN1CCCCCCNc1ccc(-n2cncn2)cc1.OC[C@@H]1[C@@H](O)[C@H](O)[C@@H](O)CN1CCCCCCNc1ccc(-n2cnnc2)cc1. The van der Waals surface area contributed by atoms with Gasteiger partial charge in [-0.1, -0.05) is 64.2 Å². The number of likely N-dealkylation sites (tertiary alicyclic amines) is 5. The van der Waals surface area contributed by atoms with Crippen LogP contribution in [-0.2, 0) is 0 Å². The van der Waals surface area contributed by atoms with E-state index in [2.05, 4.69) is 134 Å². The molecule has 146 heavy (non-hydrogen) atoms. The van der Waals surface area contributed by atoms with E-state index in [1.165, 1.54) is 11.9 Å². The number of β-amino-alcohol motifs (C(OH)–C–C–N with tert-alkyl or cyclic N) is 5. The lowest BCUT2D eigenvalue weighted by atomic mass is 9.94. The molecule has 42 heteroatoms. The van der Waals surface area contributed by atoms with Crippen molar-refractivity contribution in [3.05, 3.63) is 202 Å². The first-order valence-electron chi connectivity index (χ1n) is 51.7. The Labute approximate surface area is 854 Å². The van der Waals surface area contributed by atoms with Crippen molar-refractivity contribution in [3.63, 3.8) is 0 Å². The fraction of sp³-hybridized carbons (Fsp3) is 0.587. The van der Waals surface area contributed by atoms with E-state index < -0.39 is 122 Å². The summed E-state index contributed by atoms with van der Waals surface area (Å²) in [5.41, 5.74) is 11.9. The van der Waals surface area contributed by atoms with Crippen LogP contribution in [0.5, 0.6) is 0 Å². The Bertz CT molecular complexity index is 4570. The molecule has 5 aliphatic rings. The molecule has 5 saturated heterocycles. The van der Waals surface area contributed by atoms with Crippen LogP contribution in [0.2, 0.25) is 0 Å². The minimum absolute atomic E-state index is 0.224. The molecule has 20 atom stereocenters. The second kappa shape index (κ2) is 62.5. The molecule has 0 bridgehead atoms. The third kappa shape index (κ3) is 35.6. The van der Waals surface area contributed by atoms with Crippen molar-refractivity contribution in [1.29, 1.82) is 0 Å². The van der Waals surface area contributed by atoms with Gasteiger partial charge in [-0.05, 0) is 237 Å². The predicted molar refractivity (Wildman–Crippen MR) is 555 cm³/mol. The maximum atomic E-state index is 10.0. The van der Waals surface area contributed by atoms with Crippen LogP contribution in [0.25, 0.3) is 28.4 Å². The molecule has 5 fully saturated rings. The first kappa shape index (κ1) is 116. The lowest BCUT2D eigenvalue weighted by Gasteiger charge is -2.43. The van der Waals surface area contributed by atoms with Gasteiger partial charge in [0.25, 0.3) is 0 Å². The molecule has 806 valence electrons. The van der Waals surface area contributed by atoms with E-state index in [9.17, 15) is 102 Å². The summed E-state index contributed by atoms with van der Waals surface area (Å²) < 4.78 is 9.48. The molecule has 25 N–H and O–H groups in total. The lowest BCUT2D eigenvalue weighted by Crippen LogP contribution is -2.62. The van der Waals surface area contributed by atoms with Crippen molar-refractivity contribution in [2.24, 2.45) is 0 Å². The van der Waals surface area contributed by atoms with E-state index >= 15 is 0 Å². The van der Waals surface area contributed by atoms with Crippen molar-refractivity contribution in [1.82, 2.24) is 82.9 Å². The quantitative estimate of drug-likeness (QED) is 0.0243. The lowest BCUT2D eigenvalue weighted by molar-refractivity contribution is -0.145. The number of nitrogens with one attached hydrogen (secondary N) is 5. The average molecular weight is 2040 g/mol. The van der Waals surface area contributed by atoms with E-state index in [0.29, 0.717) is 32.7 Å². The molecule has 10 aromatic rings. The van der Waals surface area contributed by atoms with Gasteiger partial charge in [-0.15, -0.1) is 20.4 Å². The Hall–Kier alpha value is -9.99. The number of unbranched alkanes of at least 4 members (excludes halogenated alkanes) is 15. The van der Waals surface area contributed by atoms with Crippen LogP contribution in [0.1, 0.15) is 134 Å². The largest absolute Gasteiger partial charge is 0.395 e. The molecule has 15 rings (SSSR count). The second-order valence-corrected chi connectivity index (χ2v) is 38.5. The highest BCUT2D eigenvalue weighted by Gasteiger charge is 2.45. The Morgan fingerprint density at radius 2 is 0.541 bits per heavy atom. The van der Waals surface area contributed by atoms with Crippen molar-refractivity contribution in [2.75, 3.05) is 158 Å². The zero-order chi connectivity index (χ0) is 104. The van der Waals surface area contributed by atoms with Gasteiger partial charge >= 0.3 is 0 Å². The molecule has 5 aliphatic heterocycles. The van der Waals surface area contributed by atoms with Gasteiger partial charge in [-0.2, -0.15) is 5.10 Å². The molecule has 42 nitrogen and oxygen atoms in total. The van der Waals surface area contributed by atoms with Crippen molar-refractivity contribution in [2.45, 2.75) is 257 Å². The van der Waals surface area contributed by atoms with Gasteiger partial charge in [0.05, 0.1) is 106 Å². The molecule has 5 aromatic heterocycles. The summed E-state index contributed by atoms with van der Waals surface area (Å²) in [6.45, 7) is 10.2. The normalized spacial score (nSPS) is 25.2. The fourth-order valence-corrected chi connectivity index (χ4v) is 19.2. The zero-order valence-corrected chi connectivity index (χ0v) is 83.9. The Morgan fingerprint density at radius 1 is 0.267 bits per heavy atom. The molecule has 0 amide bonds. The monoisotopic (exact) mass is 2040 g/mol. The summed E-state index contributed by atoms with van der Waals surface area (Å²) in [4.78, 5) is 17.4. The van der Waals surface area contributed by atoms with Crippen molar-refractivity contribution >= 4 is 28.4 Å². The number of aliphatic hydroxyl groups excluding tert-OH is 20. The first-order valence-corrected chi connectivity index (χ1v) is 51.7. The van der Waals surface area contributed by atoms with Gasteiger partial charge in [-0.25, -0.2) is 14.6 Å². The van der Waals surface area contributed by atoms with Gasteiger partial charge in [0.15, 0.2) is 0 Å². The molecular weight excluding hydrogens is 1880 g/mol. The minimum atomic E-state index is -1.20. The summed E-state index contributed by atoms with van der Waals surface area (Å²) in [5, 5.41) is 232. The highest BCUT2D eigenvalue weighted by atomic mass is 16.4. The zero-order valence-electron chi connectivity index (χ0n) is 83.9. The first-order chi connectivity index (χ1) is 70.9. The second-order valence-electron chi connectivity index (χ2n) is 38.5. The molecule has 10 heterocycles. The molecule has 0 aliphatic carbocycles. The number of rotatable bonds is 50. The van der Waals surface area contributed by atoms with Crippen molar-refractivity contribution in [3.8, 4) is 28.4 Å². The number of nitrogens with zero attached hydrogens (tertiary/aromatic N) is 17. The van der Waals surface area contributed by atoms with Gasteiger partial charge in [0, 0.05) is 141 Å². The minimum Gasteiger partial charge on any atom is -0.395 e. The predicted octanol–water partition coefficient (Wildman–Crippen LogP) is 2.12. The standard InChI is InChI=1S/C22H33N3O4.C21H33N5O4.C21H32N4O4.2C20H31N5O4/c26-16-19-21(28)22(29)20(27)15-25(19)14-4-2-1-3-11-23-17-7-9-18(10-8-17)24-12-5-6-13-24;1-15-10-16(26-13-23-24-14-26)6-7-17(15)22-8-4-2-3-5-9-25-11-19(28)21(30)20(29)18(25)12-27;26-14-18-20(28)21(29)19(27)13-24(18)11-4-2-1-3-9-23-16-5-7-17(8-6-16)25-12-10-22-15-25;26-12-17-19(28)20(29)18(27)11-24(17)10-4-2-1-3-9-22-15-5-7-16(8-6-15)25-14-21-13-23-25;26-12-17-19(28)20(29)18(27)11-24(17)10-4-2-1-3-9-21-15-5-7-16(8-6-15)25-13-22-23-14-25/h5-10,12-13,19-23,26-29H,1-4,11,14-16H2;6-7,10,13-14,18-22,27-30H,2-5,8-9,11-12H2,1H3;5-8,10,12,15,18-21,23,26-29H,1-4,9,11,13-14H2;5-8,13-14,17-20,22,26-29H,1-4,9-12H2;5-8,13-14,17-21,26-29H,1-4,9-12H2/t19-,20+,21-,22-;2*18-,19+,20-,21-;2*17-,18+,19-,20-/m11111/s1. The molecule has 0 spiro atoms. The van der Waals surface area contributed by atoms with Gasteiger partial charge in [0.1, 0.15) is 99.0 Å². The fourth-order valence-electron chi connectivity index (χ4n) is 19.2. The number of benzene rings is 5. The number of aromatic nitrogens is 12. The Kier molecular flexibility index (Phi) is 49.8. The maximum Gasteiger partial charge on any atom is 0.138 e. The topological polar surface area (TPSA) is 596 Å². The Morgan fingerprint density at radius 3 is 0.822 bits per heavy atom. The van der Waals surface area contributed by atoms with E-state index in [0.717, 1.165) is 218 Å². The smallest absolute Gasteiger partial charge is 0.138 e.